The molecule has 16 aromatic carbocycles. The summed E-state index contributed by atoms with van der Waals surface area (Å²) in [5, 5.41) is 16.3. The van der Waals surface area contributed by atoms with Crippen LogP contribution in [0.1, 0.15) is 89.0 Å². The maximum atomic E-state index is 2.24. The summed E-state index contributed by atoms with van der Waals surface area (Å²) in [4.78, 5) is 0. The Morgan fingerprint density at radius 1 is 0.150 bits per heavy atom. The molecule has 0 unspecified atom stereocenters. The van der Waals surface area contributed by atoms with Gasteiger partial charge in [0.25, 0.3) is 0 Å². The van der Waals surface area contributed by atoms with Crippen LogP contribution in [0.4, 0.5) is 0 Å². The third kappa shape index (κ3) is 19.9. The van der Waals surface area contributed by atoms with Gasteiger partial charge in [-0.2, -0.15) is 0 Å². The number of aryl methyl sites for hydroxylation is 16. The van der Waals surface area contributed by atoms with Gasteiger partial charge in [0.05, 0.1) is 0 Å². The van der Waals surface area contributed by atoms with Crippen LogP contribution < -0.4 is 0 Å². The van der Waals surface area contributed by atoms with Crippen LogP contribution in [0.2, 0.25) is 0 Å². The molecule has 16 aromatic rings. The van der Waals surface area contributed by atoms with Crippen molar-refractivity contribution in [2.24, 2.45) is 0 Å². The van der Waals surface area contributed by atoms with Crippen molar-refractivity contribution in [3.8, 4) is 22.3 Å². The van der Waals surface area contributed by atoms with Crippen LogP contribution in [-0.2, 0) is 0 Å². The van der Waals surface area contributed by atoms with E-state index in [1.54, 1.807) is 0 Å². The maximum absolute atomic E-state index is 2.24. The molecular formula is C100H100. The van der Waals surface area contributed by atoms with Crippen molar-refractivity contribution in [2.75, 3.05) is 0 Å². The number of rotatable bonds is 2. The summed E-state index contributed by atoms with van der Waals surface area (Å²) in [7, 11) is 0. The molecule has 0 atom stereocenters. The van der Waals surface area contributed by atoms with Gasteiger partial charge < -0.3 is 0 Å². The van der Waals surface area contributed by atoms with E-state index in [0.717, 1.165) is 0 Å². The van der Waals surface area contributed by atoms with Crippen molar-refractivity contribution in [1.82, 2.24) is 0 Å². The van der Waals surface area contributed by atoms with Crippen LogP contribution in [0.25, 0.3) is 86.9 Å². The van der Waals surface area contributed by atoms with Crippen LogP contribution in [0.15, 0.2) is 315 Å². The first-order valence-electron chi connectivity index (χ1n) is 35.2. The molecular weight excluding hydrogens is 1200 g/mol. The first-order valence-corrected chi connectivity index (χ1v) is 35.2. The Balaban J connectivity index is 0.000000133. The molecule has 0 N–H and O–H groups in total. The normalized spacial score (nSPS) is 10.4. The third-order valence-electron chi connectivity index (χ3n) is 18.8. The molecule has 0 aliphatic carbocycles. The Bertz CT molecular complexity index is 5110. The van der Waals surface area contributed by atoms with Gasteiger partial charge in [-0.05, 0) is 264 Å². The summed E-state index contributed by atoms with van der Waals surface area (Å²) >= 11 is 0. The molecule has 0 saturated heterocycles. The standard InChI is InChI=1S/2C14H14.6C12H12/c1-11-6-5-8-13(10-11)14-9-4-3-7-12(14)2;1-11-7-6-8-12(2)14(11)13-9-4-3-5-10-13;1-9-3-5-12-8-10(2)4-6-11(12)7-9;1-9-5-3-8-12-10(2)6-4-7-11(9)12;1-9-5-3-7-11-8-4-6-10(2)12(9)11;1-9-7-11-5-3-4-6-12(11)8-10(9)2;1-9-7-10(2)12-6-4-3-5-11(12)8-9;1-9-7-8-10(2)12-6-4-3-5-11(9)12/h2*3-10H,1-2H3;6*3-8H,1-2H3. The summed E-state index contributed by atoms with van der Waals surface area (Å²) in [5.74, 6) is 0. The minimum absolute atomic E-state index is 1.31. The number of benzene rings is 16. The highest BCUT2D eigenvalue weighted by Gasteiger charge is 2.06. The average Bonchev–Trinajstić information content (AvgIpc) is 0.895. The van der Waals surface area contributed by atoms with E-state index >= 15 is 0 Å². The lowest BCUT2D eigenvalue weighted by Crippen LogP contribution is -1.86. The van der Waals surface area contributed by atoms with Crippen molar-refractivity contribution in [2.45, 2.75) is 111 Å². The lowest BCUT2D eigenvalue weighted by atomic mass is 9.96. The third-order valence-corrected chi connectivity index (χ3v) is 18.8. The summed E-state index contributed by atoms with van der Waals surface area (Å²) < 4.78 is 0. The van der Waals surface area contributed by atoms with Gasteiger partial charge in [-0.15, -0.1) is 0 Å². The Morgan fingerprint density at radius 3 is 0.990 bits per heavy atom. The predicted octanol–water partition coefficient (Wildman–Crippen LogP) is 28.7. The van der Waals surface area contributed by atoms with Crippen LogP contribution in [0, 0.1) is 111 Å². The van der Waals surface area contributed by atoms with Crippen LogP contribution in [-0.4, -0.2) is 0 Å². The number of fused-ring (bicyclic) bond motifs is 6. The maximum Gasteiger partial charge on any atom is -0.0125 e. The van der Waals surface area contributed by atoms with E-state index in [-0.39, 0.29) is 0 Å². The fourth-order valence-electron chi connectivity index (χ4n) is 13.2. The Hall–Kier alpha value is -10.9. The van der Waals surface area contributed by atoms with E-state index in [9.17, 15) is 0 Å². The van der Waals surface area contributed by atoms with Gasteiger partial charge in [0.15, 0.2) is 0 Å². The van der Waals surface area contributed by atoms with E-state index in [1.807, 2.05) is 0 Å². The minimum Gasteiger partial charge on any atom is -0.0622 e. The van der Waals surface area contributed by atoms with Crippen molar-refractivity contribution < 1.29 is 0 Å². The average molecular weight is 1300 g/mol. The molecule has 0 saturated carbocycles. The summed E-state index contributed by atoms with van der Waals surface area (Å²) in [6.07, 6.45) is 0. The van der Waals surface area contributed by atoms with E-state index in [0.29, 0.717) is 0 Å². The molecule has 0 heterocycles. The second kappa shape index (κ2) is 35.5. The zero-order valence-electron chi connectivity index (χ0n) is 62.0. The topological polar surface area (TPSA) is 0 Å². The molecule has 0 nitrogen and oxygen atoms in total. The van der Waals surface area contributed by atoms with Crippen LogP contribution in [0.3, 0.4) is 0 Å². The van der Waals surface area contributed by atoms with Gasteiger partial charge in [0.2, 0.25) is 0 Å². The molecule has 0 fully saturated rings. The summed E-state index contributed by atoms with van der Waals surface area (Å²) in [5.41, 5.74) is 26.9. The first kappa shape index (κ1) is 73.3. The van der Waals surface area contributed by atoms with E-state index in [1.165, 1.54) is 176 Å². The molecule has 100 heavy (non-hydrogen) atoms. The minimum atomic E-state index is 1.31. The fraction of sp³-hybridized carbons (Fsp3) is 0.160. The van der Waals surface area contributed by atoms with Crippen molar-refractivity contribution in [3.63, 3.8) is 0 Å². The van der Waals surface area contributed by atoms with Crippen molar-refractivity contribution >= 4 is 64.6 Å². The lowest BCUT2D eigenvalue weighted by molar-refractivity contribution is 1.37. The second-order valence-electron chi connectivity index (χ2n) is 27.0. The highest BCUT2D eigenvalue weighted by molar-refractivity contribution is 5.91. The van der Waals surface area contributed by atoms with Crippen LogP contribution >= 0.6 is 0 Å². The quantitative estimate of drug-likeness (QED) is 0.162. The monoisotopic (exact) mass is 1300 g/mol. The largest absolute Gasteiger partial charge is 0.0622 e. The van der Waals surface area contributed by atoms with Gasteiger partial charge in [-0.1, -0.05) is 338 Å². The van der Waals surface area contributed by atoms with Crippen LogP contribution in [0.5, 0.6) is 0 Å². The molecule has 0 amide bonds. The van der Waals surface area contributed by atoms with Gasteiger partial charge in [-0.3, -0.25) is 0 Å². The van der Waals surface area contributed by atoms with Crippen molar-refractivity contribution in [3.05, 3.63) is 404 Å². The predicted molar refractivity (Wildman–Crippen MR) is 443 cm³/mol. The molecule has 0 aromatic heterocycles. The summed E-state index contributed by atoms with van der Waals surface area (Å²) in [6.45, 7) is 34.4. The highest BCUT2D eigenvalue weighted by Crippen LogP contribution is 2.29. The zero-order chi connectivity index (χ0) is 71.2. The highest BCUT2D eigenvalue weighted by atomic mass is 14.1. The molecule has 500 valence electrons. The molecule has 0 heteroatoms. The Labute approximate surface area is 598 Å². The summed E-state index contributed by atoms with van der Waals surface area (Å²) in [6, 6.07) is 112. The van der Waals surface area contributed by atoms with Crippen molar-refractivity contribution in [1.29, 1.82) is 0 Å². The molecule has 16 rings (SSSR count). The number of hydrogen-bond acceptors (Lipinski definition) is 0. The van der Waals surface area contributed by atoms with E-state index in [4.69, 9.17) is 0 Å². The van der Waals surface area contributed by atoms with Gasteiger partial charge in [0.1, 0.15) is 0 Å². The SMILES string of the molecule is Cc1cc(C)c2ccccc2c1.Cc1cc2ccccc2cc1C.Cc1ccc(C)c2ccccc12.Cc1ccc2cc(C)ccc2c1.Cc1cccc(-c2ccccc2C)c1.Cc1cccc(C)c1-c1ccccc1.Cc1cccc2c(C)cccc12.Cc1cccc2cccc(C)c12. The van der Waals surface area contributed by atoms with Gasteiger partial charge >= 0.3 is 0 Å². The molecule has 0 bridgehead atoms. The van der Waals surface area contributed by atoms with E-state index < -0.39 is 0 Å². The molecule has 0 aliphatic rings. The smallest absolute Gasteiger partial charge is 0.0125 e. The fourth-order valence-corrected chi connectivity index (χ4v) is 13.2. The Kier molecular flexibility index (Phi) is 26.1. The zero-order valence-corrected chi connectivity index (χ0v) is 62.0. The first-order chi connectivity index (χ1) is 48.2. The molecule has 0 radical (unpaired) electrons. The van der Waals surface area contributed by atoms with Gasteiger partial charge in [0, 0.05) is 0 Å². The van der Waals surface area contributed by atoms with Gasteiger partial charge in [-0.25, -0.2) is 0 Å². The van der Waals surface area contributed by atoms with E-state index in [2.05, 4.69) is 426 Å². The molecule has 0 aliphatic heterocycles. The number of hydrogen-bond donors (Lipinski definition) is 0. The lowest BCUT2D eigenvalue weighted by Gasteiger charge is -2.09. The molecule has 0 spiro atoms. The second-order valence-corrected chi connectivity index (χ2v) is 27.0. The Morgan fingerprint density at radius 2 is 0.490 bits per heavy atom.